The number of ether oxygens (including phenoxy) is 3. The zero-order chi connectivity index (χ0) is 17.5. The molecule has 0 bridgehead atoms. The molecule has 0 amide bonds. The van der Waals surface area contributed by atoms with Crippen LogP contribution in [0.1, 0.15) is 37.6 Å². The molecule has 1 atom stereocenters. The first-order valence-corrected chi connectivity index (χ1v) is 7.46. The number of hydrogen-bond donors (Lipinski definition) is 1. The number of rotatable bonds is 8. The molecule has 1 rings (SSSR count). The van der Waals surface area contributed by atoms with Crippen LogP contribution < -0.4 is 4.74 Å². The molecule has 0 heterocycles. The summed E-state index contributed by atoms with van der Waals surface area (Å²) < 4.78 is 15.0. The second-order valence-electron chi connectivity index (χ2n) is 5.82. The molecule has 0 aliphatic carbocycles. The summed E-state index contributed by atoms with van der Waals surface area (Å²) in [5.41, 5.74) is -0.249. The molecule has 0 aromatic heterocycles. The fourth-order valence-electron chi connectivity index (χ4n) is 1.54. The molecule has 6 heteroatoms. The van der Waals surface area contributed by atoms with Gasteiger partial charge in [-0.05, 0) is 44.5 Å². The van der Waals surface area contributed by atoms with E-state index < -0.39 is 17.5 Å². The van der Waals surface area contributed by atoms with Crippen molar-refractivity contribution in [1.82, 2.24) is 0 Å². The number of methoxy groups -OCH3 is 1. The lowest BCUT2D eigenvalue weighted by Crippen LogP contribution is -2.31. The number of carbonyl (C=O) groups is 2. The molecule has 0 saturated carbocycles. The van der Waals surface area contributed by atoms with Crippen molar-refractivity contribution in [3.63, 3.8) is 0 Å². The summed E-state index contributed by atoms with van der Waals surface area (Å²) in [6.07, 6.45) is -0.428. The molecule has 6 nitrogen and oxygen atoms in total. The molecule has 1 aromatic rings. The Kier molecular flexibility index (Phi) is 7.03. The van der Waals surface area contributed by atoms with Gasteiger partial charge in [0, 0.05) is 0 Å². The summed E-state index contributed by atoms with van der Waals surface area (Å²) in [5.74, 6) is -0.320. The van der Waals surface area contributed by atoms with Crippen molar-refractivity contribution < 1.29 is 28.9 Å². The maximum Gasteiger partial charge on any atom is 0.338 e. The number of benzene rings is 1. The van der Waals surface area contributed by atoms with Crippen molar-refractivity contribution >= 4 is 11.9 Å². The lowest BCUT2D eigenvalue weighted by atomic mass is 9.91. The van der Waals surface area contributed by atoms with Crippen LogP contribution in [0.5, 0.6) is 5.75 Å². The van der Waals surface area contributed by atoms with Crippen LogP contribution in [0.4, 0.5) is 0 Å². The van der Waals surface area contributed by atoms with E-state index in [-0.39, 0.29) is 19.2 Å². The van der Waals surface area contributed by atoms with Crippen LogP contribution in [0.2, 0.25) is 0 Å². The maximum atomic E-state index is 11.8. The van der Waals surface area contributed by atoms with Crippen molar-refractivity contribution in [3.05, 3.63) is 29.8 Å². The maximum absolute atomic E-state index is 11.8. The SMILES string of the molecule is CCC(C)(C)C(=O)OCC(O)COC(=O)c1ccc(OC)cc1. The number of esters is 2. The third-order valence-electron chi connectivity index (χ3n) is 3.58. The predicted octanol–water partition coefficient (Wildman–Crippen LogP) is 2.19. The van der Waals surface area contributed by atoms with Gasteiger partial charge >= 0.3 is 11.9 Å². The largest absolute Gasteiger partial charge is 0.497 e. The van der Waals surface area contributed by atoms with E-state index in [2.05, 4.69) is 0 Å². The van der Waals surface area contributed by atoms with Gasteiger partial charge in [-0.2, -0.15) is 0 Å². The normalized spacial score (nSPS) is 12.4. The minimum absolute atomic E-state index is 0.210. The van der Waals surface area contributed by atoms with Gasteiger partial charge in [0.25, 0.3) is 0 Å². The number of aliphatic hydroxyl groups is 1. The van der Waals surface area contributed by atoms with Crippen molar-refractivity contribution in [2.45, 2.75) is 33.3 Å². The molecule has 23 heavy (non-hydrogen) atoms. The average Bonchev–Trinajstić information content (AvgIpc) is 2.57. The van der Waals surface area contributed by atoms with Gasteiger partial charge in [0.15, 0.2) is 0 Å². The molecule has 0 aliphatic rings. The van der Waals surface area contributed by atoms with E-state index in [4.69, 9.17) is 14.2 Å². The van der Waals surface area contributed by atoms with Gasteiger partial charge in [0.1, 0.15) is 25.1 Å². The Hall–Kier alpha value is -2.08. The molecular weight excluding hydrogens is 300 g/mol. The minimum Gasteiger partial charge on any atom is -0.497 e. The van der Waals surface area contributed by atoms with Gasteiger partial charge in [-0.25, -0.2) is 4.79 Å². The van der Waals surface area contributed by atoms with Crippen LogP contribution in [0.25, 0.3) is 0 Å². The van der Waals surface area contributed by atoms with Gasteiger partial charge < -0.3 is 19.3 Å². The predicted molar refractivity (Wildman–Crippen MR) is 84.3 cm³/mol. The summed E-state index contributed by atoms with van der Waals surface area (Å²) >= 11 is 0. The van der Waals surface area contributed by atoms with Crippen molar-refractivity contribution in [2.24, 2.45) is 5.41 Å². The lowest BCUT2D eigenvalue weighted by molar-refractivity contribution is -0.157. The third kappa shape index (κ3) is 5.90. The Morgan fingerprint density at radius 1 is 1.13 bits per heavy atom. The zero-order valence-corrected chi connectivity index (χ0v) is 14.0. The molecule has 0 spiro atoms. The first kappa shape index (κ1) is 19.0. The highest BCUT2D eigenvalue weighted by atomic mass is 16.6. The first-order chi connectivity index (χ1) is 10.8. The monoisotopic (exact) mass is 324 g/mol. The highest BCUT2D eigenvalue weighted by Crippen LogP contribution is 2.21. The molecular formula is C17H24O6. The van der Waals surface area contributed by atoms with Crippen molar-refractivity contribution in [2.75, 3.05) is 20.3 Å². The number of carbonyl (C=O) groups excluding carboxylic acids is 2. The molecule has 0 aliphatic heterocycles. The fraction of sp³-hybridized carbons (Fsp3) is 0.529. The highest BCUT2D eigenvalue weighted by Gasteiger charge is 2.27. The topological polar surface area (TPSA) is 82.1 Å². The van der Waals surface area contributed by atoms with E-state index in [1.807, 2.05) is 6.92 Å². The molecule has 0 radical (unpaired) electrons. The average molecular weight is 324 g/mol. The molecule has 0 fully saturated rings. The smallest absolute Gasteiger partial charge is 0.338 e. The first-order valence-electron chi connectivity index (χ1n) is 7.46. The van der Waals surface area contributed by atoms with Crippen LogP contribution in [-0.2, 0) is 14.3 Å². The lowest BCUT2D eigenvalue weighted by Gasteiger charge is -2.21. The summed E-state index contributed by atoms with van der Waals surface area (Å²) in [6, 6.07) is 6.41. The Morgan fingerprint density at radius 3 is 2.22 bits per heavy atom. The summed E-state index contributed by atoms with van der Waals surface area (Å²) in [4.78, 5) is 23.6. The molecule has 1 unspecified atom stereocenters. The second-order valence-corrected chi connectivity index (χ2v) is 5.82. The second kappa shape index (κ2) is 8.53. The summed E-state index contributed by atoms with van der Waals surface area (Å²) in [5, 5.41) is 9.74. The van der Waals surface area contributed by atoms with E-state index in [9.17, 15) is 14.7 Å². The van der Waals surface area contributed by atoms with Gasteiger partial charge in [-0.3, -0.25) is 4.79 Å². The fourth-order valence-corrected chi connectivity index (χ4v) is 1.54. The van der Waals surface area contributed by atoms with Crippen LogP contribution >= 0.6 is 0 Å². The third-order valence-corrected chi connectivity index (χ3v) is 3.58. The van der Waals surface area contributed by atoms with E-state index in [1.165, 1.54) is 7.11 Å². The Balaban J connectivity index is 2.39. The number of aliphatic hydroxyl groups excluding tert-OH is 1. The van der Waals surface area contributed by atoms with Gasteiger partial charge in [-0.15, -0.1) is 0 Å². The Labute approximate surface area is 136 Å². The van der Waals surface area contributed by atoms with Crippen molar-refractivity contribution in [1.29, 1.82) is 0 Å². The van der Waals surface area contributed by atoms with Crippen molar-refractivity contribution in [3.8, 4) is 5.75 Å². The number of hydrogen-bond acceptors (Lipinski definition) is 6. The standard InChI is InChI=1S/C17H24O6/c1-5-17(2,3)16(20)23-11-13(18)10-22-15(19)12-6-8-14(21-4)9-7-12/h6-9,13,18H,5,10-11H2,1-4H3. The van der Waals surface area contributed by atoms with Gasteiger partial charge in [0.05, 0.1) is 18.1 Å². The van der Waals surface area contributed by atoms with Crippen LogP contribution in [-0.4, -0.2) is 43.5 Å². The molecule has 1 aromatic carbocycles. The van der Waals surface area contributed by atoms with Gasteiger partial charge in [0.2, 0.25) is 0 Å². The highest BCUT2D eigenvalue weighted by molar-refractivity contribution is 5.89. The zero-order valence-electron chi connectivity index (χ0n) is 14.0. The Bertz CT molecular complexity index is 520. The van der Waals surface area contributed by atoms with E-state index >= 15 is 0 Å². The molecule has 128 valence electrons. The van der Waals surface area contributed by atoms with Crippen LogP contribution in [0.3, 0.4) is 0 Å². The minimum atomic E-state index is -1.06. The van der Waals surface area contributed by atoms with E-state index in [1.54, 1.807) is 38.1 Å². The van der Waals surface area contributed by atoms with Gasteiger partial charge in [-0.1, -0.05) is 6.92 Å². The van der Waals surface area contributed by atoms with E-state index in [0.29, 0.717) is 17.7 Å². The summed E-state index contributed by atoms with van der Waals surface area (Å²) in [6.45, 7) is 4.97. The molecule has 1 N–H and O–H groups in total. The van der Waals surface area contributed by atoms with Crippen LogP contribution in [0.15, 0.2) is 24.3 Å². The quantitative estimate of drug-likeness (QED) is 0.738. The summed E-state index contributed by atoms with van der Waals surface area (Å²) in [7, 11) is 1.53. The Morgan fingerprint density at radius 2 is 1.70 bits per heavy atom. The molecule has 0 saturated heterocycles. The van der Waals surface area contributed by atoms with E-state index in [0.717, 1.165) is 0 Å². The van der Waals surface area contributed by atoms with Crippen LogP contribution in [0, 0.1) is 5.41 Å².